The monoisotopic (exact) mass is 599 g/mol. The number of benzene rings is 4. The van der Waals surface area contributed by atoms with Crippen molar-refractivity contribution in [3.05, 3.63) is 137 Å². The Morgan fingerprint density at radius 2 is 1.33 bits per heavy atom. The van der Waals surface area contributed by atoms with Gasteiger partial charge in [-0.1, -0.05) is 103 Å². The van der Waals surface area contributed by atoms with Gasteiger partial charge >= 0.3 is 0 Å². The molecule has 0 aliphatic heterocycles. The van der Waals surface area contributed by atoms with Gasteiger partial charge in [0, 0.05) is 19.6 Å². The molecule has 0 bridgehead atoms. The van der Waals surface area contributed by atoms with Crippen LogP contribution < -0.4 is 10.1 Å². The summed E-state index contributed by atoms with van der Waals surface area (Å²) in [5.74, 6) is -0.220. The Bertz CT molecular complexity index is 1590. The fraction of sp³-hybridized carbons (Fsp3) is 0.235. The van der Waals surface area contributed by atoms with Crippen molar-refractivity contribution >= 4 is 21.8 Å². The highest BCUT2D eigenvalue weighted by Crippen LogP contribution is 2.26. The van der Waals surface area contributed by atoms with Crippen molar-refractivity contribution in [2.75, 3.05) is 19.9 Å². The van der Waals surface area contributed by atoms with E-state index >= 15 is 0 Å². The van der Waals surface area contributed by atoms with Crippen LogP contribution in [-0.4, -0.2) is 49.3 Å². The lowest BCUT2D eigenvalue weighted by Gasteiger charge is -2.33. The fourth-order valence-corrected chi connectivity index (χ4v) is 5.40. The van der Waals surface area contributed by atoms with Crippen molar-refractivity contribution in [3.63, 3.8) is 0 Å². The molecule has 4 rings (SSSR count). The lowest BCUT2D eigenvalue weighted by atomic mass is 10.0. The number of carbonyl (C=O) groups excluding carboxylic acids is 2. The third-order valence-corrected chi connectivity index (χ3v) is 8.27. The quantitative estimate of drug-likeness (QED) is 0.237. The van der Waals surface area contributed by atoms with E-state index in [0.29, 0.717) is 11.3 Å². The highest BCUT2D eigenvalue weighted by molar-refractivity contribution is 7.88. The average Bonchev–Trinajstić information content (AvgIpc) is 3.01. The van der Waals surface area contributed by atoms with Crippen molar-refractivity contribution in [2.24, 2.45) is 0 Å². The molecule has 0 aliphatic rings. The molecule has 0 spiro atoms. The van der Waals surface area contributed by atoms with Gasteiger partial charge < -0.3 is 15.0 Å². The molecule has 4 aromatic carbocycles. The van der Waals surface area contributed by atoms with E-state index in [2.05, 4.69) is 5.32 Å². The van der Waals surface area contributed by atoms with Crippen LogP contribution in [0, 0.1) is 6.92 Å². The van der Waals surface area contributed by atoms with Crippen LogP contribution in [0.3, 0.4) is 0 Å². The maximum atomic E-state index is 14.2. The first-order valence-corrected chi connectivity index (χ1v) is 15.8. The zero-order chi connectivity index (χ0) is 30.8. The van der Waals surface area contributed by atoms with Gasteiger partial charge in [-0.3, -0.25) is 9.59 Å². The number of amides is 2. The van der Waals surface area contributed by atoms with Crippen LogP contribution in [0.15, 0.2) is 109 Å². The molecule has 224 valence electrons. The highest BCUT2D eigenvalue weighted by atomic mass is 32.2. The summed E-state index contributed by atoms with van der Waals surface area (Å²) in [4.78, 5) is 29.6. The Balaban J connectivity index is 1.69. The molecule has 0 saturated heterocycles. The SMILES string of the molecule is COc1ccc(CN(C(=O)CN(Cc2ccccc2)S(C)(=O)=O)[C@@H](C(=O)NCc2ccc(C)cc2)c2ccccc2)cc1. The summed E-state index contributed by atoms with van der Waals surface area (Å²) in [5, 5.41) is 3.00. The average molecular weight is 600 g/mol. The van der Waals surface area contributed by atoms with Crippen molar-refractivity contribution in [3.8, 4) is 5.75 Å². The van der Waals surface area contributed by atoms with Gasteiger partial charge in [-0.15, -0.1) is 0 Å². The highest BCUT2D eigenvalue weighted by Gasteiger charge is 2.33. The maximum Gasteiger partial charge on any atom is 0.247 e. The van der Waals surface area contributed by atoms with Crippen LogP contribution in [0.1, 0.15) is 33.9 Å². The first-order chi connectivity index (χ1) is 20.6. The van der Waals surface area contributed by atoms with Crippen molar-refractivity contribution in [2.45, 2.75) is 32.6 Å². The summed E-state index contributed by atoms with van der Waals surface area (Å²) < 4.78 is 32.1. The minimum Gasteiger partial charge on any atom is -0.497 e. The Labute approximate surface area is 254 Å². The van der Waals surface area contributed by atoms with Crippen molar-refractivity contribution in [1.82, 2.24) is 14.5 Å². The predicted molar refractivity (Wildman–Crippen MR) is 167 cm³/mol. The molecule has 2 amide bonds. The van der Waals surface area contributed by atoms with Crippen LogP contribution in [0.25, 0.3) is 0 Å². The molecule has 0 aromatic heterocycles. The number of nitrogens with one attached hydrogen (secondary N) is 1. The second-order valence-corrected chi connectivity index (χ2v) is 12.4. The molecule has 0 unspecified atom stereocenters. The Morgan fingerprint density at radius 1 is 0.767 bits per heavy atom. The number of aryl methyl sites for hydroxylation is 1. The van der Waals surface area contributed by atoms with E-state index in [4.69, 9.17) is 4.74 Å². The fourth-order valence-electron chi connectivity index (χ4n) is 4.67. The second kappa shape index (κ2) is 14.6. The normalized spacial score (nSPS) is 12.0. The second-order valence-electron chi connectivity index (χ2n) is 10.4. The van der Waals surface area contributed by atoms with E-state index < -0.39 is 28.5 Å². The number of rotatable bonds is 13. The van der Waals surface area contributed by atoms with Crippen LogP contribution in [0.4, 0.5) is 0 Å². The van der Waals surface area contributed by atoms with Gasteiger partial charge in [-0.2, -0.15) is 4.31 Å². The summed E-state index contributed by atoms with van der Waals surface area (Å²) in [5.41, 5.74) is 4.15. The molecule has 0 radical (unpaired) electrons. The van der Waals surface area contributed by atoms with Gasteiger partial charge in [0.15, 0.2) is 0 Å². The van der Waals surface area contributed by atoms with Gasteiger partial charge in [-0.25, -0.2) is 8.42 Å². The third-order valence-electron chi connectivity index (χ3n) is 7.08. The summed E-state index contributed by atoms with van der Waals surface area (Å²) >= 11 is 0. The summed E-state index contributed by atoms with van der Waals surface area (Å²) in [6.07, 6.45) is 1.08. The largest absolute Gasteiger partial charge is 0.497 e. The van der Waals surface area contributed by atoms with Crippen LogP contribution in [0.5, 0.6) is 5.75 Å². The van der Waals surface area contributed by atoms with Crippen LogP contribution in [-0.2, 0) is 39.2 Å². The summed E-state index contributed by atoms with van der Waals surface area (Å²) in [6, 6.07) is 32.2. The smallest absolute Gasteiger partial charge is 0.247 e. The summed E-state index contributed by atoms with van der Waals surface area (Å²) in [7, 11) is -2.19. The maximum absolute atomic E-state index is 14.2. The van der Waals surface area contributed by atoms with Crippen molar-refractivity contribution in [1.29, 1.82) is 0 Å². The van der Waals surface area contributed by atoms with E-state index in [1.165, 1.54) is 4.90 Å². The van der Waals surface area contributed by atoms with Gasteiger partial charge in [-0.05, 0) is 41.3 Å². The molecule has 4 aromatic rings. The molecule has 0 aliphatic carbocycles. The lowest BCUT2D eigenvalue weighted by Crippen LogP contribution is -2.47. The van der Waals surface area contributed by atoms with Crippen LogP contribution >= 0.6 is 0 Å². The van der Waals surface area contributed by atoms with Gasteiger partial charge in [0.2, 0.25) is 21.8 Å². The zero-order valence-electron chi connectivity index (χ0n) is 24.6. The van der Waals surface area contributed by atoms with Gasteiger partial charge in [0.25, 0.3) is 0 Å². The molecular formula is C34H37N3O5S. The number of ether oxygens (including phenoxy) is 1. The van der Waals surface area contributed by atoms with E-state index in [0.717, 1.165) is 32.8 Å². The molecule has 0 saturated carbocycles. The number of nitrogens with zero attached hydrogens (tertiary/aromatic N) is 2. The number of sulfonamides is 1. The van der Waals surface area contributed by atoms with Gasteiger partial charge in [0.1, 0.15) is 11.8 Å². The minimum atomic E-state index is -3.77. The minimum absolute atomic E-state index is 0.0252. The lowest BCUT2D eigenvalue weighted by molar-refractivity contribution is -0.141. The molecule has 9 heteroatoms. The number of hydrogen-bond acceptors (Lipinski definition) is 5. The zero-order valence-corrected chi connectivity index (χ0v) is 25.5. The molecule has 1 N–H and O–H groups in total. The van der Waals surface area contributed by atoms with Crippen molar-refractivity contribution < 1.29 is 22.7 Å². The molecule has 0 heterocycles. The number of carbonyl (C=O) groups is 2. The standard InChI is InChI=1S/C34H37N3O5S/c1-26-14-16-27(17-15-26)22-35-34(39)33(30-12-8-5-9-13-30)37(24-29-18-20-31(42-2)21-19-29)32(38)25-36(43(3,40)41)23-28-10-6-4-7-11-28/h4-21,33H,22-25H2,1-3H3,(H,35,39)/t33-/m1/s1. The van der Waals surface area contributed by atoms with E-state index in [9.17, 15) is 18.0 Å². The van der Waals surface area contributed by atoms with E-state index in [1.807, 2.05) is 91.9 Å². The summed E-state index contributed by atoms with van der Waals surface area (Å²) in [6.45, 7) is 1.93. The Hall–Kier alpha value is -4.47. The third kappa shape index (κ3) is 9.01. The number of methoxy groups -OCH3 is 1. The van der Waals surface area contributed by atoms with E-state index in [1.54, 1.807) is 31.4 Å². The topological polar surface area (TPSA) is 96.0 Å². The Kier molecular flexibility index (Phi) is 10.7. The molecule has 43 heavy (non-hydrogen) atoms. The Morgan fingerprint density at radius 3 is 1.91 bits per heavy atom. The molecule has 0 fully saturated rings. The van der Waals surface area contributed by atoms with Crippen LogP contribution in [0.2, 0.25) is 0 Å². The molecular weight excluding hydrogens is 562 g/mol. The first kappa shape index (κ1) is 31.5. The van der Waals surface area contributed by atoms with Gasteiger partial charge in [0.05, 0.1) is 19.9 Å². The van der Waals surface area contributed by atoms with E-state index in [-0.39, 0.29) is 25.5 Å². The predicted octanol–water partition coefficient (Wildman–Crippen LogP) is 4.85. The number of hydrogen-bond donors (Lipinski definition) is 1. The first-order valence-electron chi connectivity index (χ1n) is 13.9. The molecule has 1 atom stereocenters. The molecule has 8 nitrogen and oxygen atoms in total.